The molecule has 1 rings (SSSR count). The van der Waals surface area contributed by atoms with E-state index < -0.39 is 11.7 Å². The summed E-state index contributed by atoms with van der Waals surface area (Å²) < 4.78 is 5.11. The van der Waals surface area contributed by atoms with Gasteiger partial charge in [-0.1, -0.05) is 12.2 Å². The second-order valence-corrected chi connectivity index (χ2v) is 5.18. The SMILES string of the molecule is CC(C)(C)OC(=O)NC/C=C/CNCc1cnccn1. The normalized spacial score (nSPS) is 11.6. The third-order valence-corrected chi connectivity index (χ3v) is 2.11. The summed E-state index contributed by atoms with van der Waals surface area (Å²) in [7, 11) is 0. The van der Waals surface area contributed by atoms with Crippen molar-refractivity contribution in [3.8, 4) is 0 Å². The summed E-state index contributed by atoms with van der Waals surface area (Å²) in [5.74, 6) is 0. The predicted octanol–water partition coefficient (Wildman–Crippen LogP) is 1.65. The molecule has 6 heteroatoms. The Bertz CT molecular complexity index is 427. The average molecular weight is 278 g/mol. The van der Waals surface area contributed by atoms with Gasteiger partial charge in [-0.3, -0.25) is 9.97 Å². The Morgan fingerprint density at radius 2 is 2.05 bits per heavy atom. The topological polar surface area (TPSA) is 76.1 Å². The molecule has 0 radical (unpaired) electrons. The molecule has 0 spiro atoms. The van der Waals surface area contributed by atoms with Gasteiger partial charge in [0.05, 0.1) is 5.69 Å². The highest BCUT2D eigenvalue weighted by atomic mass is 16.6. The summed E-state index contributed by atoms with van der Waals surface area (Å²) in [6.45, 7) is 7.31. The predicted molar refractivity (Wildman–Crippen MR) is 77.1 cm³/mol. The summed E-state index contributed by atoms with van der Waals surface area (Å²) in [6.07, 6.45) is 8.43. The molecule has 0 aliphatic rings. The number of nitrogens with zero attached hydrogens (tertiary/aromatic N) is 2. The van der Waals surface area contributed by atoms with Crippen LogP contribution < -0.4 is 10.6 Å². The molecule has 0 bridgehead atoms. The molecule has 2 N–H and O–H groups in total. The van der Waals surface area contributed by atoms with Crippen molar-refractivity contribution in [1.29, 1.82) is 0 Å². The van der Waals surface area contributed by atoms with Crippen LogP contribution in [-0.4, -0.2) is 34.8 Å². The Labute approximate surface area is 119 Å². The minimum atomic E-state index is -0.466. The molecule has 0 aliphatic carbocycles. The van der Waals surface area contributed by atoms with Crippen LogP contribution in [0.15, 0.2) is 30.7 Å². The fourth-order valence-electron chi connectivity index (χ4n) is 1.33. The number of aromatic nitrogens is 2. The van der Waals surface area contributed by atoms with Crippen LogP contribution >= 0.6 is 0 Å². The van der Waals surface area contributed by atoms with Gasteiger partial charge >= 0.3 is 6.09 Å². The molecule has 1 aromatic heterocycles. The minimum absolute atomic E-state index is 0.408. The molecule has 0 aliphatic heterocycles. The highest BCUT2D eigenvalue weighted by Gasteiger charge is 2.14. The van der Waals surface area contributed by atoms with E-state index in [0.29, 0.717) is 19.6 Å². The van der Waals surface area contributed by atoms with Crippen molar-refractivity contribution in [2.45, 2.75) is 32.9 Å². The minimum Gasteiger partial charge on any atom is -0.444 e. The van der Waals surface area contributed by atoms with E-state index in [0.717, 1.165) is 5.69 Å². The third kappa shape index (κ3) is 8.20. The van der Waals surface area contributed by atoms with Crippen LogP contribution in [0.5, 0.6) is 0 Å². The maximum atomic E-state index is 11.3. The molecule has 0 unspecified atom stereocenters. The van der Waals surface area contributed by atoms with Crippen molar-refractivity contribution in [1.82, 2.24) is 20.6 Å². The van der Waals surface area contributed by atoms with Crippen molar-refractivity contribution in [2.75, 3.05) is 13.1 Å². The molecule has 1 aromatic rings. The van der Waals surface area contributed by atoms with Gasteiger partial charge in [-0.15, -0.1) is 0 Å². The molecule has 0 aromatic carbocycles. The second-order valence-electron chi connectivity index (χ2n) is 5.18. The first kappa shape index (κ1) is 16.1. The number of rotatable bonds is 6. The average Bonchev–Trinajstić information content (AvgIpc) is 2.37. The van der Waals surface area contributed by atoms with Crippen molar-refractivity contribution >= 4 is 6.09 Å². The lowest BCUT2D eigenvalue weighted by atomic mass is 10.2. The summed E-state index contributed by atoms with van der Waals surface area (Å²) in [5.41, 5.74) is 0.430. The monoisotopic (exact) mass is 278 g/mol. The molecule has 0 atom stereocenters. The number of carbonyl (C=O) groups is 1. The van der Waals surface area contributed by atoms with E-state index in [1.807, 2.05) is 32.9 Å². The van der Waals surface area contributed by atoms with Gasteiger partial charge in [0.15, 0.2) is 0 Å². The smallest absolute Gasteiger partial charge is 0.407 e. The highest BCUT2D eigenvalue weighted by Crippen LogP contribution is 2.05. The van der Waals surface area contributed by atoms with Gasteiger partial charge in [0.2, 0.25) is 0 Å². The summed E-state index contributed by atoms with van der Waals surface area (Å²) in [6, 6.07) is 0. The van der Waals surface area contributed by atoms with Gasteiger partial charge in [0.1, 0.15) is 5.60 Å². The van der Waals surface area contributed by atoms with Crippen molar-refractivity contribution in [3.63, 3.8) is 0 Å². The largest absolute Gasteiger partial charge is 0.444 e. The Balaban J connectivity index is 2.07. The number of ether oxygens (including phenoxy) is 1. The standard InChI is InChI=1S/C14H22N4O2/c1-14(2,3)20-13(19)18-7-5-4-6-15-10-12-11-16-8-9-17-12/h4-5,8-9,11,15H,6-7,10H2,1-3H3,(H,18,19)/b5-4+. The fraction of sp³-hybridized carbons (Fsp3) is 0.500. The van der Waals surface area contributed by atoms with Crippen LogP contribution in [0.1, 0.15) is 26.5 Å². The number of hydrogen-bond acceptors (Lipinski definition) is 5. The first-order valence-electron chi connectivity index (χ1n) is 6.55. The van der Waals surface area contributed by atoms with Crippen molar-refractivity contribution < 1.29 is 9.53 Å². The molecule has 20 heavy (non-hydrogen) atoms. The van der Waals surface area contributed by atoms with E-state index in [1.54, 1.807) is 18.6 Å². The van der Waals surface area contributed by atoms with Gasteiger partial charge in [-0.05, 0) is 20.8 Å². The molecule has 1 amide bonds. The van der Waals surface area contributed by atoms with Gasteiger partial charge in [-0.25, -0.2) is 4.79 Å². The third-order valence-electron chi connectivity index (χ3n) is 2.11. The fourth-order valence-corrected chi connectivity index (χ4v) is 1.33. The number of amides is 1. The maximum Gasteiger partial charge on any atom is 0.407 e. The van der Waals surface area contributed by atoms with Crippen molar-refractivity contribution in [2.24, 2.45) is 0 Å². The molecular weight excluding hydrogens is 256 g/mol. The van der Waals surface area contributed by atoms with Crippen LogP contribution in [0.25, 0.3) is 0 Å². The lowest BCUT2D eigenvalue weighted by molar-refractivity contribution is 0.0534. The lowest BCUT2D eigenvalue weighted by Crippen LogP contribution is -2.32. The number of hydrogen-bond donors (Lipinski definition) is 2. The second kappa shape index (κ2) is 8.27. The quantitative estimate of drug-likeness (QED) is 0.611. The summed E-state index contributed by atoms with van der Waals surface area (Å²) in [4.78, 5) is 19.5. The van der Waals surface area contributed by atoms with Crippen molar-refractivity contribution in [3.05, 3.63) is 36.4 Å². The van der Waals surface area contributed by atoms with Gasteiger partial charge in [0, 0.05) is 38.2 Å². The van der Waals surface area contributed by atoms with Crippen LogP contribution in [-0.2, 0) is 11.3 Å². The molecule has 110 valence electrons. The molecule has 0 saturated carbocycles. The zero-order valence-corrected chi connectivity index (χ0v) is 12.2. The molecular formula is C14H22N4O2. The molecule has 0 saturated heterocycles. The van der Waals surface area contributed by atoms with E-state index >= 15 is 0 Å². The number of alkyl carbamates (subject to hydrolysis) is 1. The van der Waals surface area contributed by atoms with E-state index in [1.165, 1.54) is 0 Å². The molecule has 0 fully saturated rings. The van der Waals surface area contributed by atoms with E-state index in [-0.39, 0.29) is 0 Å². The summed E-state index contributed by atoms with van der Waals surface area (Å²) in [5, 5.41) is 5.84. The zero-order valence-electron chi connectivity index (χ0n) is 12.2. The zero-order chi connectivity index (χ0) is 14.8. The van der Waals surface area contributed by atoms with E-state index in [2.05, 4.69) is 20.6 Å². The highest BCUT2D eigenvalue weighted by molar-refractivity contribution is 5.67. The van der Waals surface area contributed by atoms with Gasteiger partial charge in [-0.2, -0.15) is 0 Å². The Kier molecular flexibility index (Phi) is 6.66. The van der Waals surface area contributed by atoms with E-state index in [4.69, 9.17) is 4.74 Å². The Morgan fingerprint density at radius 3 is 2.70 bits per heavy atom. The van der Waals surface area contributed by atoms with Crippen LogP contribution in [0, 0.1) is 0 Å². The van der Waals surface area contributed by atoms with Crippen LogP contribution in [0.4, 0.5) is 4.79 Å². The van der Waals surface area contributed by atoms with E-state index in [9.17, 15) is 4.79 Å². The Morgan fingerprint density at radius 1 is 1.30 bits per heavy atom. The summed E-state index contributed by atoms with van der Waals surface area (Å²) >= 11 is 0. The number of nitrogens with one attached hydrogen (secondary N) is 2. The first-order chi connectivity index (χ1) is 9.47. The molecule has 6 nitrogen and oxygen atoms in total. The number of carbonyl (C=O) groups excluding carboxylic acids is 1. The maximum absolute atomic E-state index is 11.3. The van der Waals surface area contributed by atoms with Crippen LogP contribution in [0.2, 0.25) is 0 Å². The van der Waals surface area contributed by atoms with Gasteiger partial charge in [0.25, 0.3) is 0 Å². The van der Waals surface area contributed by atoms with Crippen LogP contribution in [0.3, 0.4) is 0 Å². The lowest BCUT2D eigenvalue weighted by Gasteiger charge is -2.19. The first-order valence-corrected chi connectivity index (χ1v) is 6.55. The Hall–Kier alpha value is -1.95. The molecule has 1 heterocycles. The van der Waals surface area contributed by atoms with Gasteiger partial charge < -0.3 is 15.4 Å².